The second kappa shape index (κ2) is 7.58. The molecule has 2 aromatic carbocycles. The van der Waals surface area contributed by atoms with E-state index in [9.17, 15) is 18.4 Å². The molecule has 3 heterocycles. The number of nitrogens with one attached hydrogen (secondary N) is 2. The Labute approximate surface area is 177 Å². The number of aromatic nitrogens is 1. The summed E-state index contributed by atoms with van der Waals surface area (Å²) in [5.74, 6) is -1.74. The van der Waals surface area contributed by atoms with Gasteiger partial charge in [0, 0.05) is 6.54 Å². The van der Waals surface area contributed by atoms with Crippen molar-refractivity contribution in [1.29, 1.82) is 0 Å². The molecule has 0 radical (unpaired) electrons. The van der Waals surface area contributed by atoms with Crippen LogP contribution in [-0.2, 0) is 17.8 Å². The van der Waals surface area contributed by atoms with E-state index in [2.05, 4.69) is 15.6 Å². The molecule has 2 N–H and O–H groups in total. The standard InChI is InChI=1S/C24H19F2N3O2/c25-17-2-1-3-18(26)22(17)19-11-15(21-20(29-19)12-28-24(21)31)10-13-4-6-14(7-5-13)16-8-9-27-23(16)30/h1-7,11,16H,8-10,12H2,(H,27,30)(H,28,31)/t16-/m0/s1. The van der Waals surface area contributed by atoms with Gasteiger partial charge in [-0.15, -0.1) is 0 Å². The average Bonchev–Trinajstić information content (AvgIpc) is 3.34. The van der Waals surface area contributed by atoms with Crippen LogP contribution in [0.25, 0.3) is 11.3 Å². The molecule has 0 saturated carbocycles. The molecule has 7 heteroatoms. The van der Waals surface area contributed by atoms with Gasteiger partial charge in [0.15, 0.2) is 0 Å². The molecule has 2 amide bonds. The van der Waals surface area contributed by atoms with Crippen LogP contribution in [0, 0.1) is 11.6 Å². The summed E-state index contributed by atoms with van der Waals surface area (Å²) in [6, 6.07) is 13.0. The molecule has 0 spiro atoms. The lowest BCUT2D eigenvalue weighted by Crippen LogP contribution is -2.17. The topological polar surface area (TPSA) is 71.1 Å². The third kappa shape index (κ3) is 3.46. The number of amides is 2. The number of rotatable bonds is 4. The van der Waals surface area contributed by atoms with E-state index < -0.39 is 11.6 Å². The van der Waals surface area contributed by atoms with Crippen molar-refractivity contribution in [2.75, 3.05) is 6.54 Å². The van der Waals surface area contributed by atoms with Crippen molar-refractivity contribution < 1.29 is 18.4 Å². The zero-order valence-electron chi connectivity index (χ0n) is 16.5. The Balaban J connectivity index is 1.52. The van der Waals surface area contributed by atoms with E-state index in [1.165, 1.54) is 18.2 Å². The van der Waals surface area contributed by atoms with E-state index in [1.807, 2.05) is 24.3 Å². The number of halogens is 2. The number of hydrogen-bond donors (Lipinski definition) is 2. The van der Waals surface area contributed by atoms with Gasteiger partial charge >= 0.3 is 0 Å². The van der Waals surface area contributed by atoms with Crippen LogP contribution >= 0.6 is 0 Å². The molecule has 1 atom stereocenters. The highest BCUT2D eigenvalue weighted by molar-refractivity contribution is 5.99. The van der Waals surface area contributed by atoms with Gasteiger partial charge in [-0.25, -0.2) is 13.8 Å². The van der Waals surface area contributed by atoms with Crippen molar-refractivity contribution in [2.45, 2.75) is 25.3 Å². The van der Waals surface area contributed by atoms with Crippen LogP contribution in [0.1, 0.15) is 45.1 Å². The fraction of sp³-hybridized carbons (Fsp3) is 0.208. The van der Waals surface area contributed by atoms with Gasteiger partial charge in [0.25, 0.3) is 5.91 Å². The highest BCUT2D eigenvalue weighted by Gasteiger charge is 2.28. The van der Waals surface area contributed by atoms with Gasteiger partial charge in [0.1, 0.15) is 11.6 Å². The average molecular weight is 419 g/mol. The molecular weight excluding hydrogens is 400 g/mol. The molecular formula is C24H19F2N3O2. The highest BCUT2D eigenvalue weighted by Crippen LogP contribution is 2.31. The number of nitrogens with zero attached hydrogens (tertiary/aromatic N) is 1. The molecule has 1 fully saturated rings. The second-order valence-electron chi connectivity index (χ2n) is 7.82. The quantitative estimate of drug-likeness (QED) is 0.680. The third-order valence-corrected chi connectivity index (χ3v) is 5.86. The zero-order chi connectivity index (χ0) is 21.5. The monoisotopic (exact) mass is 419 g/mol. The van der Waals surface area contributed by atoms with E-state index in [4.69, 9.17) is 0 Å². The number of hydrogen-bond acceptors (Lipinski definition) is 3. The van der Waals surface area contributed by atoms with E-state index >= 15 is 0 Å². The van der Waals surface area contributed by atoms with Crippen LogP contribution in [0.4, 0.5) is 8.78 Å². The molecule has 156 valence electrons. The Hall–Kier alpha value is -3.61. The molecule has 2 aliphatic heterocycles. The zero-order valence-corrected chi connectivity index (χ0v) is 16.5. The van der Waals surface area contributed by atoms with Gasteiger partial charge in [-0.1, -0.05) is 30.3 Å². The number of carbonyl (C=O) groups excluding carboxylic acids is 2. The molecule has 0 aliphatic carbocycles. The largest absolute Gasteiger partial charge is 0.356 e. The maximum Gasteiger partial charge on any atom is 0.253 e. The molecule has 3 aromatic rings. The van der Waals surface area contributed by atoms with Crippen molar-refractivity contribution in [1.82, 2.24) is 15.6 Å². The predicted molar refractivity (Wildman–Crippen MR) is 110 cm³/mol. The molecule has 1 saturated heterocycles. The van der Waals surface area contributed by atoms with Crippen molar-refractivity contribution in [2.24, 2.45) is 0 Å². The van der Waals surface area contributed by atoms with Gasteiger partial charge in [-0.3, -0.25) is 9.59 Å². The summed E-state index contributed by atoms with van der Waals surface area (Å²) in [7, 11) is 0. The van der Waals surface area contributed by atoms with Crippen LogP contribution in [0.3, 0.4) is 0 Å². The van der Waals surface area contributed by atoms with Crippen molar-refractivity contribution in [3.63, 3.8) is 0 Å². The van der Waals surface area contributed by atoms with Gasteiger partial charge < -0.3 is 10.6 Å². The minimum atomic E-state index is -0.699. The van der Waals surface area contributed by atoms with Crippen LogP contribution in [0.2, 0.25) is 0 Å². The van der Waals surface area contributed by atoms with Gasteiger partial charge in [-0.05, 0) is 47.7 Å². The third-order valence-electron chi connectivity index (χ3n) is 5.86. The molecule has 0 bridgehead atoms. The number of carbonyl (C=O) groups is 2. The Morgan fingerprint density at radius 2 is 1.71 bits per heavy atom. The first-order valence-electron chi connectivity index (χ1n) is 10.1. The van der Waals surface area contributed by atoms with Crippen molar-refractivity contribution in [3.8, 4) is 11.3 Å². The lowest BCUT2D eigenvalue weighted by atomic mass is 9.93. The summed E-state index contributed by atoms with van der Waals surface area (Å²) < 4.78 is 28.7. The Bertz CT molecular complexity index is 1190. The maximum absolute atomic E-state index is 14.4. The Kier molecular flexibility index (Phi) is 4.73. The first-order valence-corrected chi connectivity index (χ1v) is 10.1. The SMILES string of the molecule is O=C1NCc2nc(-c3c(F)cccc3F)cc(Cc3ccc([C@@H]4CCNC4=O)cc3)c21. The first-order chi connectivity index (χ1) is 15.0. The molecule has 5 nitrogen and oxygen atoms in total. The molecule has 0 unspecified atom stereocenters. The van der Waals surface area contributed by atoms with Crippen LogP contribution in [0.5, 0.6) is 0 Å². The molecule has 1 aromatic heterocycles. The van der Waals surface area contributed by atoms with Crippen LogP contribution in [-0.4, -0.2) is 23.3 Å². The Morgan fingerprint density at radius 1 is 0.968 bits per heavy atom. The van der Waals surface area contributed by atoms with Gasteiger partial charge in [-0.2, -0.15) is 0 Å². The number of benzene rings is 2. The van der Waals surface area contributed by atoms with Crippen LogP contribution in [0.15, 0.2) is 48.5 Å². The Morgan fingerprint density at radius 3 is 2.39 bits per heavy atom. The maximum atomic E-state index is 14.4. The minimum absolute atomic E-state index is 0.0351. The van der Waals surface area contributed by atoms with E-state index in [0.717, 1.165) is 17.5 Å². The smallest absolute Gasteiger partial charge is 0.253 e. The normalized spacial score (nSPS) is 17.4. The second-order valence-corrected chi connectivity index (χ2v) is 7.82. The predicted octanol–water partition coefficient (Wildman–Crippen LogP) is 3.46. The van der Waals surface area contributed by atoms with E-state index in [0.29, 0.717) is 29.8 Å². The minimum Gasteiger partial charge on any atom is -0.356 e. The summed E-state index contributed by atoms with van der Waals surface area (Å²) >= 11 is 0. The van der Waals surface area contributed by atoms with Crippen molar-refractivity contribution >= 4 is 11.8 Å². The van der Waals surface area contributed by atoms with E-state index in [1.54, 1.807) is 6.07 Å². The first kappa shape index (κ1) is 19.4. The molecule has 5 rings (SSSR count). The summed E-state index contributed by atoms with van der Waals surface area (Å²) in [4.78, 5) is 28.7. The van der Waals surface area contributed by atoms with Gasteiger partial charge in [0.05, 0.1) is 35.0 Å². The lowest BCUT2D eigenvalue weighted by Gasteiger charge is -2.12. The fourth-order valence-corrected chi connectivity index (χ4v) is 4.32. The summed E-state index contributed by atoms with van der Waals surface area (Å²) in [5.41, 5.74) is 3.44. The summed E-state index contributed by atoms with van der Waals surface area (Å²) in [6.07, 6.45) is 1.17. The molecule has 2 aliphatic rings. The van der Waals surface area contributed by atoms with E-state index in [-0.39, 0.29) is 35.5 Å². The van der Waals surface area contributed by atoms with Crippen LogP contribution < -0.4 is 10.6 Å². The molecule has 31 heavy (non-hydrogen) atoms. The van der Waals surface area contributed by atoms with Gasteiger partial charge in [0.2, 0.25) is 5.91 Å². The number of fused-ring (bicyclic) bond motifs is 1. The van der Waals surface area contributed by atoms with Crippen molar-refractivity contribution in [3.05, 3.63) is 88.1 Å². The fourth-order valence-electron chi connectivity index (χ4n) is 4.32. The summed E-state index contributed by atoms with van der Waals surface area (Å²) in [6.45, 7) is 0.902. The number of pyridine rings is 1. The lowest BCUT2D eigenvalue weighted by molar-refractivity contribution is -0.120. The highest BCUT2D eigenvalue weighted by atomic mass is 19.1. The summed E-state index contributed by atoms with van der Waals surface area (Å²) in [5, 5.41) is 5.57.